The zero-order chi connectivity index (χ0) is 9.80. The lowest BCUT2D eigenvalue weighted by molar-refractivity contribution is -0.136. The van der Waals surface area contributed by atoms with Crippen LogP contribution in [0, 0.1) is 5.92 Å². The van der Waals surface area contributed by atoms with E-state index >= 15 is 0 Å². The molecule has 2 rings (SSSR count). The van der Waals surface area contributed by atoms with Crippen LogP contribution in [-0.4, -0.2) is 50.1 Å². The second-order valence-corrected chi connectivity index (χ2v) is 4.04. The third-order valence-corrected chi connectivity index (χ3v) is 3.01. The molecule has 0 saturated carbocycles. The van der Waals surface area contributed by atoms with Gasteiger partial charge in [0, 0.05) is 32.7 Å². The highest BCUT2D eigenvalue weighted by molar-refractivity contribution is 5.79. The van der Waals surface area contributed by atoms with Crippen molar-refractivity contribution < 1.29 is 4.79 Å². The fraction of sp³-hybridized carbons (Fsp3) is 0.900. The number of nitrogens with zero attached hydrogens (tertiary/aromatic N) is 2. The van der Waals surface area contributed by atoms with E-state index in [2.05, 4.69) is 10.6 Å². The maximum absolute atomic E-state index is 12.0. The van der Waals surface area contributed by atoms with Crippen LogP contribution >= 0.6 is 0 Å². The lowest BCUT2D eigenvalue weighted by atomic mass is 9.98. The van der Waals surface area contributed by atoms with Crippen molar-refractivity contribution in [3.63, 3.8) is 0 Å². The first-order valence-corrected chi connectivity index (χ1v) is 5.50. The van der Waals surface area contributed by atoms with E-state index < -0.39 is 0 Å². The van der Waals surface area contributed by atoms with E-state index in [0.29, 0.717) is 5.91 Å². The highest BCUT2D eigenvalue weighted by atomic mass is 16.2. The van der Waals surface area contributed by atoms with Gasteiger partial charge in [-0.15, -0.1) is 0 Å². The van der Waals surface area contributed by atoms with Crippen LogP contribution in [0.3, 0.4) is 0 Å². The molecule has 0 bridgehead atoms. The summed E-state index contributed by atoms with van der Waals surface area (Å²) in [7, 11) is 0. The number of amides is 1. The van der Waals surface area contributed by atoms with E-state index in [-0.39, 0.29) is 5.92 Å². The fourth-order valence-corrected chi connectivity index (χ4v) is 2.15. The number of piperazine rings is 1. The van der Waals surface area contributed by atoms with E-state index in [1.54, 1.807) is 0 Å². The Bertz CT molecular complexity index is 176. The molecule has 79 valence electrons. The molecule has 14 heavy (non-hydrogen) atoms. The fourth-order valence-electron chi connectivity index (χ4n) is 2.15. The summed E-state index contributed by atoms with van der Waals surface area (Å²) >= 11 is 0. The molecule has 0 aromatic heterocycles. The Morgan fingerprint density at radius 2 is 2.14 bits per heavy atom. The predicted molar refractivity (Wildman–Crippen MR) is 54.0 cm³/mol. The molecule has 1 amide bonds. The van der Waals surface area contributed by atoms with E-state index in [9.17, 15) is 4.79 Å². The minimum atomic E-state index is 0.224. The van der Waals surface area contributed by atoms with Crippen molar-refractivity contribution in [3.05, 3.63) is 0 Å². The summed E-state index contributed by atoms with van der Waals surface area (Å²) in [6.45, 7) is 5.24. The molecule has 1 radical (unpaired) electrons. The molecule has 2 saturated heterocycles. The molecule has 0 aromatic rings. The van der Waals surface area contributed by atoms with Crippen LogP contribution in [0.25, 0.3) is 0 Å². The quantitative estimate of drug-likeness (QED) is 0.610. The van der Waals surface area contributed by atoms with Gasteiger partial charge in [-0.25, -0.2) is 5.32 Å². The molecule has 4 nitrogen and oxygen atoms in total. The molecule has 4 heteroatoms. The summed E-state index contributed by atoms with van der Waals surface area (Å²) < 4.78 is 0. The summed E-state index contributed by atoms with van der Waals surface area (Å²) in [5.41, 5.74) is 0. The van der Waals surface area contributed by atoms with Gasteiger partial charge in [0.2, 0.25) is 5.91 Å². The Hall–Kier alpha value is -0.610. The van der Waals surface area contributed by atoms with Crippen molar-refractivity contribution in [2.45, 2.75) is 12.8 Å². The maximum Gasteiger partial charge on any atom is 0.227 e. The average molecular weight is 196 g/mol. The van der Waals surface area contributed by atoms with Crippen LogP contribution < -0.4 is 10.6 Å². The SMILES string of the molecule is O=C(C1CCCNC1)N1CC[N]CC1. The lowest BCUT2D eigenvalue weighted by Crippen LogP contribution is -2.49. The molecule has 2 heterocycles. The Kier molecular flexibility index (Phi) is 3.37. The van der Waals surface area contributed by atoms with Gasteiger partial charge in [-0.3, -0.25) is 4.79 Å². The number of carbonyl (C=O) groups excluding carboxylic acids is 1. The summed E-state index contributed by atoms with van der Waals surface area (Å²) in [6.07, 6.45) is 2.19. The van der Waals surface area contributed by atoms with Crippen molar-refractivity contribution in [2.75, 3.05) is 39.3 Å². The highest BCUT2D eigenvalue weighted by Crippen LogP contribution is 2.13. The molecular weight excluding hydrogens is 178 g/mol. The molecule has 2 aliphatic heterocycles. The number of piperidine rings is 1. The van der Waals surface area contributed by atoms with Crippen LogP contribution in [-0.2, 0) is 4.79 Å². The Morgan fingerprint density at radius 3 is 2.79 bits per heavy atom. The summed E-state index contributed by atoms with van der Waals surface area (Å²) in [4.78, 5) is 14.0. The van der Waals surface area contributed by atoms with Gasteiger partial charge >= 0.3 is 0 Å². The zero-order valence-electron chi connectivity index (χ0n) is 8.54. The molecule has 0 spiro atoms. The summed E-state index contributed by atoms with van der Waals surface area (Å²) in [5, 5.41) is 7.53. The molecule has 1 atom stereocenters. The van der Waals surface area contributed by atoms with Crippen LogP contribution in [0.1, 0.15) is 12.8 Å². The van der Waals surface area contributed by atoms with Crippen molar-refractivity contribution in [1.82, 2.24) is 15.5 Å². The number of rotatable bonds is 1. The molecule has 2 fully saturated rings. The van der Waals surface area contributed by atoms with Gasteiger partial charge in [-0.1, -0.05) is 0 Å². The van der Waals surface area contributed by atoms with Crippen LogP contribution in [0.4, 0.5) is 0 Å². The van der Waals surface area contributed by atoms with Gasteiger partial charge in [0.05, 0.1) is 5.92 Å². The number of nitrogens with one attached hydrogen (secondary N) is 1. The van der Waals surface area contributed by atoms with E-state index in [1.807, 2.05) is 4.90 Å². The summed E-state index contributed by atoms with van der Waals surface area (Å²) in [5.74, 6) is 0.564. The Balaban J connectivity index is 1.85. The topological polar surface area (TPSA) is 46.4 Å². The van der Waals surface area contributed by atoms with Gasteiger partial charge in [0.1, 0.15) is 0 Å². The van der Waals surface area contributed by atoms with E-state index in [4.69, 9.17) is 0 Å². The standard InChI is InChI=1S/C10H18N3O/c14-10(9-2-1-3-12-8-9)13-6-4-11-5-7-13/h9,12H,1-8H2. The number of hydrogen-bond donors (Lipinski definition) is 1. The first-order valence-electron chi connectivity index (χ1n) is 5.50. The van der Waals surface area contributed by atoms with Gasteiger partial charge < -0.3 is 10.2 Å². The molecular formula is C10H18N3O. The van der Waals surface area contributed by atoms with Crippen molar-refractivity contribution >= 4 is 5.91 Å². The molecule has 1 unspecified atom stereocenters. The number of hydrogen-bond acceptors (Lipinski definition) is 2. The van der Waals surface area contributed by atoms with Crippen molar-refractivity contribution in [2.24, 2.45) is 5.92 Å². The first-order chi connectivity index (χ1) is 6.88. The van der Waals surface area contributed by atoms with Crippen LogP contribution in [0.15, 0.2) is 0 Å². The van der Waals surface area contributed by atoms with Gasteiger partial charge in [0.25, 0.3) is 0 Å². The lowest BCUT2D eigenvalue weighted by Gasteiger charge is -2.31. The highest BCUT2D eigenvalue weighted by Gasteiger charge is 2.26. The minimum Gasteiger partial charge on any atom is -0.340 e. The Labute approximate surface area is 85.0 Å². The minimum absolute atomic E-state index is 0.224. The monoisotopic (exact) mass is 196 g/mol. The van der Waals surface area contributed by atoms with Crippen LogP contribution in [0.5, 0.6) is 0 Å². The second kappa shape index (κ2) is 4.75. The molecule has 0 aromatic carbocycles. The maximum atomic E-state index is 12.0. The Morgan fingerprint density at radius 1 is 1.36 bits per heavy atom. The average Bonchev–Trinajstić information content (AvgIpc) is 2.30. The van der Waals surface area contributed by atoms with Gasteiger partial charge in [-0.05, 0) is 19.4 Å². The van der Waals surface area contributed by atoms with Crippen molar-refractivity contribution in [1.29, 1.82) is 0 Å². The predicted octanol–water partition coefficient (Wildman–Crippen LogP) is -0.567. The molecule has 0 aliphatic carbocycles. The van der Waals surface area contributed by atoms with Gasteiger partial charge in [0.15, 0.2) is 0 Å². The van der Waals surface area contributed by atoms with Crippen molar-refractivity contribution in [3.8, 4) is 0 Å². The zero-order valence-corrected chi connectivity index (χ0v) is 8.54. The normalized spacial score (nSPS) is 28.9. The van der Waals surface area contributed by atoms with E-state index in [0.717, 1.165) is 52.1 Å². The van der Waals surface area contributed by atoms with Crippen LogP contribution in [0.2, 0.25) is 0 Å². The molecule has 2 aliphatic rings. The third-order valence-electron chi connectivity index (χ3n) is 3.01. The van der Waals surface area contributed by atoms with E-state index in [1.165, 1.54) is 0 Å². The largest absolute Gasteiger partial charge is 0.340 e. The number of carbonyl (C=O) groups is 1. The molecule has 1 N–H and O–H groups in total. The summed E-state index contributed by atoms with van der Waals surface area (Å²) in [6, 6.07) is 0. The smallest absolute Gasteiger partial charge is 0.227 e. The first kappa shape index (κ1) is 9.93. The van der Waals surface area contributed by atoms with Gasteiger partial charge in [-0.2, -0.15) is 0 Å². The second-order valence-electron chi connectivity index (χ2n) is 4.04. The third kappa shape index (κ3) is 2.25.